The first-order valence-corrected chi connectivity index (χ1v) is 11.4. The molecule has 3 heterocycles. The van der Waals surface area contributed by atoms with Gasteiger partial charge in [-0.2, -0.15) is 14.9 Å². The molecule has 1 N–H and O–H groups in total. The van der Waals surface area contributed by atoms with Gasteiger partial charge in [-0.3, -0.25) is 4.79 Å². The van der Waals surface area contributed by atoms with E-state index in [1.54, 1.807) is 27.5 Å². The molecule has 0 saturated carbocycles. The first-order valence-electron chi connectivity index (χ1n) is 11.4. The number of fused-ring (bicyclic) bond motifs is 1. The van der Waals surface area contributed by atoms with Gasteiger partial charge in [0.1, 0.15) is 5.82 Å². The van der Waals surface area contributed by atoms with Crippen molar-refractivity contribution < 1.29 is 19.0 Å². The second kappa shape index (κ2) is 9.29. The molecule has 2 aromatic carbocycles. The highest BCUT2D eigenvalue weighted by Crippen LogP contribution is 2.45. The molecular weight excluding hydrogens is 460 g/mol. The quantitative estimate of drug-likeness (QED) is 0.437. The fourth-order valence-corrected chi connectivity index (χ4v) is 4.53. The Bertz CT molecular complexity index is 1420. The molecule has 0 fully saturated rings. The average Bonchev–Trinajstić information content (AvgIpc) is 3.23. The van der Waals surface area contributed by atoms with Crippen LogP contribution < -0.4 is 19.5 Å². The highest BCUT2D eigenvalue weighted by atomic mass is 16.5. The number of rotatable bonds is 6. The number of anilines is 1. The summed E-state index contributed by atoms with van der Waals surface area (Å²) < 4.78 is 18.1. The minimum Gasteiger partial charge on any atom is -0.493 e. The summed E-state index contributed by atoms with van der Waals surface area (Å²) in [5.74, 6) is 1.87. The lowest BCUT2D eigenvalue weighted by Gasteiger charge is -2.25. The van der Waals surface area contributed by atoms with Crippen LogP contribution in [0.4, 0.5) is 5.82 Å². The number of benzene rings is 2. The number of ether oxygens (including phenoxy) is 3. The Kier molecular flexibility index (Phi) is 6.01. The normalized spacial score (nSPS) is 14.7. The van der Waals surface area contributed by atoms with Gasteiger partial charge in [0, 0.05) is 23.5 Å². The number of hydrogen-bond donors (Lipinski definition) is 1. The number of carbonyl (C=O) groups excluding carboxylic acids is 1. The molecule has 0 aliphatic carbocycles. The number of carbonyl (C=O) groups is 1. The maximum absolute atomic E-state index is 12.9. The van der Waals surface area contributed by atoms with Crippen LogP contribution in [0.3, 0.4) is 0 Å². The molecule has 2 aromatic heterocycles. The molecule has 1 atom stereocenters. The Hall–Kier alpha value is -4.47. The molecule has 0 bridgehead atoms. The molecule has 0 radical (unpaired) electrons. The molecule has 1 amide bonds. The van der Waals surface area contributed by atoms with Crippen LogP contribution >= 0.6 is 0 Å². The van der Waals surface area contributed by atoms with E-state index in [4.69, 9.17) is 19.3 Å². The summed E-state index contributed by atoms with van der Waals surface area (Å²) in [4.78, 5) is 17.5. The number of aromatic nitrogens is 5. The van der Waals surface area contributed by atoms with Crippen LogP contribution in [-0.2, 0) is 4.79 Å². The van der Waals surface area contributed by atoms with E-state index in [-0.39, 0.29) is 24.2 Å². The SMILES string of the molecule is COc1cc([C@H]2CC(=O)Nc3c2c(C)nn3-c2nncc(-c3ccc(C)cc3)n2)cc(OC)c1OC. The minimum absolute atomic E-state index is 0.148. The summed E-state index contributed by atoms with van der Waals surface area (Å²) in [5, 5.41) is 16.0. The molecular formula is C26H26N6O4. The van der Waals surface area contributed by atoms with Crippen molar-refractivity contribution >= 4 is 11.7 Å². The molecule has 0 unspecified atom stereocenters. The van der Waals surface area contributed by atoms with Crippen molar-refractivity contribution in [1.82, 2.24) is 25.0 Å². The van der Waals surface area contributed by atoms with Crippen molar-refractivity contribution in [3.05, 3.63) is 65.0 Å². The minimum atomic E-state index is -0.288. The van der Waals surface area contributed by atoms with Crippen molar-refractivity contribution in [1.29, 1.82) is 0 Å². The number of amides is 1. The summed E-state index contributed by atoms with van der Waals surface area (Å²) in [6.45, 7) is 3.92. The van der Waals surface area contributed by atoms with Gasteiger partial charge >= 0.3 is 0 Å². The standard InChI is InChI=1S/C26H26N6O4/c1-14-6-8-16(9-7-14)19-13-27-30-26(28-19)32-25-23(15(2)31-32)18(12-22(33)29-25)17-10-20(34-3)24(36-5)21(11-17)35-4/h6-11,13,18H,12H2,1-5H3,(H,29,33)/t18-/m1/s1. The number of hydrogen-bond acceptors (Lipinski definition) is 8. The van der Waals surface area contributed by atoms with Crippen molar-refractivity contribution in [2.24, 2.45) is 0 Å². The molecule has 10 nitrogen and oxygen atoms in total. The number of nitrogens with one attached hydrogen (secondary N) is 1. The van der Waals surface area contributed by atoms with E-state index in [0.29, 0.717) is 28.8 Å². The lowest BCUT2D eigenvalue weighted by Crippen LogP contribution is -2.25. The second-order valence-corrected chi connectivity index (χ2v) is 8.53. The average molecular weight is 487 g/mol. The van der Waals surface area contributed by atoms with Crippen molar-refractivity contribution in [2.75, 3.05) is 26.6 Å². The highest BCUT2D eigenvalue weighted by Gasteiger charge is 2.34. The molecule has 36 heavy (non-hydrogen) atoms. The first-order chi connectivity index (χ1) is 17.4. The van der Waals surface area contributed by atoms with Crippen LogP contribution in [-0.4, -0.2) is 52.2 Å². The third-order valence-electron chi connectivity index (χ3n) is 6.28. The van der Waals surface area contributed by atoms with Gasteiger partial charge in [0.05, 0.1) is 38.9 Å². The first kappa shape index (κ1) is 23.3. The fourth-order valence-electron chi connectivity index (χ4n) is 4.53. The fraction of sp³-hybridized carbons (Fsp3) is 0.269. The largest absolute Gasteiger partial charge is 0.493 e. The van der Waals surface area contributed by atoms with Gasteiger partial charge in [0.15, 0.2) is 11.5 Å². The molecule has 0 spiro atoms. The Morgan fingerprint density at radius 2 is 1.69 bits per heavy atom. The van der Waals surface area contributed by atoms with Gasteiger partial charge in [0.25, 0.3) is 5.95 Å². The van der Waals surface area contributed by atoms with Crippen LogP contribution in [0.15, 0.2) is 42.6 Å². The van der Waals surface area contributed by atoms with Crippen LogP contribution in [0.5, 0.6) is 17.2 Å². The van der Waals surface area contributed by atoms with Gasteiger partial charge < -0.3 is 19.5 Å². The van der Waals surface area contributed by atoms with Crippen LogP contribution in [0.2, 0.25) is 0 Å². The smallest absolute Gasteiger partial charge is 0.272 e. The summed E-state index contributed by atoms with van der Waals surface area (Å²) in [5.41, 5.74) is 5.18. The zero-order valence-corrected chi connectivity index (χ0v) is 20.7. The molecule has 10 heteroatoms. The van der Waals surface area contributed by atoms with E-state index in [1.165, 1.54) is 4.68 Å². The lowest BCUT2D eigenvalue weighted by molar-refractivity contribution is -0.116. The third-order valence-corrected chi connectivity index (χ3v) is 6.28. The summed E-state index contributed by atoms with van der Waals surface area (Å²) in [7, 11) is 4.68. The third kappa shape index (κ3) is 4.00. The van der Waals surface area contributed by atoms with Crippen molar-refractivity contribution in [2.45, 2.75) is 26.2 Å². The maximum Gasteiger partial charge on any atom is 0.272 e. The van der Waals surface area contributed by atoms with Crippen molar-refractivity contribution in [3.8, 4) is 34.5 Å². The molecule has 1 aliphatic rings. The van der Waals surface area contributed by atoms with E-state index in [2.05, 4.69) is 20.5 Å². The summed E-state index contributed by atoms with van der Waals surface area (Å²) in [6.07, 6.45) is 1.84. The van der Waals surface area contributed by atoms with E-state index in [0.717, 1.165) is 27.9 Å². The molecule has 4 aromatic rings. The van der Waals surface area contributed by atoms with E-state index >= 15 is 0 Å². The van der Waals surface area contributed by atoms with Gasteiger partial charge in [0.2, 0.25) is 11.7 Å². The predicted octanol–water partition coefficient (Wildman–Crippen LogP) is 3.84. The maximum atomic E-state index is 12.9. The summed E-state index contributed by atoms with van der Waals surface area (Å²) >= 11 is 0. The van der Waals surface area contributed by atoms with Crippen molar-refractivity contribution in [3.63, 3.8) is 0 Å². The van der Waals surface area contributed by atoms with Crippen LogP contribution in [0, 0.1) is 13.8 Å². The highest BCUT2D eigenvalue weighted by molar-refractivity contribution is 5.95. The number of nitrogens with zero attached hydrogens (tertiary/aromatic N) is 5. The molecule has 1 aliphatic heterocycles. The monoisotopic (exact) mass is 486 g/mol. The van der Waals surface area contributed by atoms with Gasteiger partial charge in [-0.15, -0.1) is 5.10 Å². The van der Waals surface area contributed by atoms with Crippen LogP contribution in [0.25, 0.3) is 17.2 Å². The molecule has 0 saturated heterocycles. The predicted molar refractivity (Wildman–Crippen MR) is 133 cm³/mol. The van der Waals surface area contributed by atoms with Gasteiger partial charge in [-0.1, -0.05) is 29.8 Å². The second-order valence-electron chi connectivity index (χ2n) is 8.53. The Labute approximate surface area is 208 Å². The molecule has 184 valence electrons. The lowest BCUT2D eigenvalue weighted by atomic mass is 9.85. The number of methoxy groups -OCH3 is 3. The topological polar surface area (TPSA) is 113 Å². The Morgan fingerprint density at radius 3 is 2.33 bits per heavy atom. The van der Waals surface area contributed by atoms with Gasteiger partial charge in [-0.25, -0.2) is 4.98 Å². The Balaban J connectivity index is 1.62. The zero-order valence-electron chi connectivity index (χ0n) is 20.7. The summed E-state index contributed by atoms with van der Waals surface area (Å²) in [6, 6.07) is 11.7. The van der Waals surface area contributed by atoms with Gasteiger partial charge in [-0.05, 0) is 31.5 Å². The van der Waals surface area contributed by atoms with E-state index in [9.17, 15) is 4.79 Å². The Morgan fingerprint density at radius 1 is 1.00 bits per heavy atom. The zero-order chi connectivity index (χ0) is 25.4. The van der Waals surface area contributed by atoms with E-state index in [1.807, 2.05) is 50.2 Å². The van der Waals surface area contributed by atoms with E-state index < -0.39 is 0 Å². The number of aryl methyl sites for hydroxylation is 2. The molecule has 5 rings (SSSR count). The van der Waals surface area contributed by atoms with Crippen LogP contribution in [0.1, 0.15) is 34.7 Å².